The summed E-state index contributed by atoms with van der Waals surface area (Å²) < 4.78 is 5.98. The second-order valence-electron chi connectivity index (χ2n) is 8.98. The average Bonchev–Trinajstić information content (AvgIpc) is 2.75. The van der Waals surface area contributed by atoms with Crippen LogP contribution in [0.3, 0.4) is 0 Å². The van der Waals surface area contributed by atoms with E-state index in [9.17, 15) is 4.79 Å². The predicted molar refractivity (Wildman–Crippen MR) is 130 cm³/mol. The Bertz CT molecular complexity index is 637. The molecule has 4 nitrogen and oxygen atoms in total. The van der Waals surface area contributed by atoms with Crippen LogP contribution < -0.4 is 4.74 Å². The summed E-state index contributed by atoms with van der Waals surface area (Å²) in [5.74, 6) is 0.947. The molecule has 0 amide bonds. The molecule has 0 atom stereocenters. The van der Waals surface area contributed by atoms with Gasteiger partial charge in [-0.05, 0) is 54.9 Å². The Kier molecular flexibility index (Phi) is 13.6. The summed E-state index contributed by atoms with van der Waals surface area (Å²) in [4.78, 5) is 16.0. The summed E-state index contributed by atoms with van der Waals surface area (Å²) in [7, 11) is 0. The fourth-order valence-electron chi connectivity index (χ4n) is 3.04. The zero-order valence-electron chi connectivity index (χ0n) is 21.1. The van der Waals surface area contributed by atoms with Gasteiger partial charge in [-0.25, -0.2) is 9.79 Å². The molecule has 0 radical (unpaired) electrons. The summed E-state index contributed by atoms with van der Waals surface area (Å²) in [6.07, 6.45) is 4.44. The standard InChI is InChI=1S/C20H31NO2.C6H15N/c1-7-19(3,4)16-10-11-18(23-13-9-12-21-15-22)17(14-16)20(5,6)8-2;1-4-7(5-2)6-3/h10-11,14H,7-9,12-13H2,1-6H3;4-6H2,1-3H3. The van der Waals surface area contributed by atoms with E-state index >= 15 is 0 Å². The molecular formula is C26H46N2O2. The molecule has 0 bridgehead atoms. The monoisotopic (exact) mass is 418 g/mol. The number of aliphatic imine (C=N–C) groups is 1. The third kappa shape index (κ3) is 9.45. The largest absolute Gasteiger partial charge is 0.493 e. The van der Waals surface area contributed by atoms with Crippen molar-refractivity contribution in [1.82, 2.24) is 4.90 Å². The van der Waals surface area contributed by atoms with Crippen LogP contribution >= 0.6 is 0 Å². The van der Waals surface area contributed by atoms with Crippen molar-refractivity contribution in [2.24, 2.45) is 4.99 Å². The van der Waals surface area contributed by atoms with Crippen molar-refractivity contribution in [2.75, 3.05) is 32.8 Å². The van der Waals surface area contributed by atoms with Gasteiger partial charge < -0.3 is 9.64 Å². The lowest BCUT2D eigenvalue weighted by Crippen LogP contribution is -2.21. The van der Waals surface area contributed by atoms with E-state index in [-0.39, 0.29) is 10.8 Å². The van der Waals surface area contributed by atoms with Crippen molar-refractivity contribution in [3.05, 3.63) is 29.3 Å². The molecule has 0 aliphatic rings. The van der Waals surface area contributed by atoms with Crippen molar-refractivity contribution in [1.29, 1.82) is 0 Å². The summed E-state index contributed by atoms with van der Waals surface area (Å²) >= 11 is 0. The van der Waals surface area contributed by atoms with Crippen LogP contribution in [0.5, 0.6) is 5.75 Å². The molecule has 0 fully saturated rings. The van der Waals surface area contributed by atoms with E-state index in [4.69, 9.17) is 4.74 Å². The number of hydrogen-bond donors (Lipinski definition) is 0. The smallest absolute Gasteiger partial charge is 0.234 e. The number of benzene rings is 1. The third-order valence-corrected chi connectivity index (χ3v) is 6.34. The molecule has 4 heteroatoms. The van der Waals surface area contributed by atoms with E-state index in [0.717, 1.165) is 25.0 Å². The highest BCUT2D eigenvalue weighted by molar-refractivity contribution is 5.44. The summed E-state index contributed by atoms with van der Waals surface area (Å²) in [5, 5.41) is 0. The van der Waals surface area contributed by atoms with Gasteiger partial charge in [0.15, 0.2) is 0 Å². The Morgan fingerprint density at radius 3 is 1.93 bits per heavy atom. The van der Waals surface area contributed by atoms with Gasteiger partial charge in [-0.1, -0.05) is 74.4 Å². The Balaban J connectivity index is 0.00000103. The van der Waals surface area contributed by atoms with E-state index in [0.29, 0.717) is 13.2 Å². The minimum absolute atomic E-state index is 0.0656. The van der Waals surface area contributed by atoms with Crippen LogP contribution in [0.25, 0.3) is 0 Å². The van der Waals surface area contributed by atoms with E-state index in [1.807, 2.05) is 0 Å². The number of rotatable bonds is 12. The molecule has 0 N–H and O–H groups in total. The highest BCUT2D eigenvalue weighted by Crippen LogP contribution is 2.38. The summed E-state index contributed by atoms with van der Waals surface area (Å²) in [5.41, 5.74) is 2.85. The topological polar surface area (TPSA) is 41.9 Å². The van der Waals surface area contributed by atoms with Crippen LogP contribution in [-0.4, -0.2) is 43.8 Å². The fraction of sp³-hybridized carbons (Fsp3) is 0.731. The molecule has 0 aromatic heterocycles. The second-order valence-corrected chi connectivity index (χ2v) is 8.98. The lowest BCUT2D eigenvalue weighted by molar-refractivity contribution is 0.302. The molecule has 1 rings (SSSR count). The minimum Gasteiger partial charge on any atom is -0.493 e. The van der Waals surface area contributed by atoms with Crippen molar-refractivity contribution >= 4 is 6.08 Å². The van der Waals surface area contributed by atoms with Gasteiger partial charge in [-0.3, -0.25) is 0 Å². The zero-order valence-corrected chi connectivity index (χ0v) is 21.1. The van der Waals surface area contributed by atoms with E-state index in [1.54, 1.807) is 6.08 Å². The Hall–Kier alpha value is -1.64. The number of isocyanates is 1. The van der Waals surface area contributed by atoms with Crippen LogP contribution in [0, 0.1) is 0 Å². The lowest BCUT2D eigenvalue weighted by Gasteiger charge is -2.30. The molecule has 0 saturated heterocycles. The van der Waals surface area contributed by atoms with Crippen molar-refractivity contribution in [3.63, 3.8) is 0 Å². The van der Waals surface area contributed by atoms with Gasteiger partial charge in [-0.2, -0.15) is 0 Å². The van der Waals surface area contributed by atoms with Crippen molar-refractivity contribution < 1.29 is 9.53 Å². The molecule has 0 unspecified atom stereocenters. The average molecular weight is 419 g/mol. The van der Waals surface area contributed by atoms with Crippen molar-refractivity contribution in [2.45, 2.75) is 92.4 Å². The quantitative estimate of drug-likeness (QED) is 0.220. The maximum atomic E-state index is 10.1. The molecule has 0 saturated carbocycles. The summed E-state index contributed by atoms with van der Waals surface area (Å²) in [6.45, 7) is 24.7. The Morgan fingerprint density at radius 1 is 0.933 bits per heavy atom. The number of ether oxygens (including phenoxy) is 1. The Labute approximate surface area is 186 Å². The second kappa shape index (κ2) is 14.4. The van der Waals surface area contributed by atoms with Gasteiger partial charge >= 0.3 is 0 Å². The lowest BCUT2D eigenvalue weighted by atomic mass is 9.76. The molecule has 0 aliphatic heterocycles. The van der Waals surface area contributed by atoms with Crippen LogP contribution in [-0.2, 0) is 15.6 Å². The van der Waals surface area contributed by atoms with Gasteiger partial charge in [0.2, 0.25) is 6.08 Å². The molecule has 0 aliphatic carbocycles. The molecule has 172 valence electrons. The highest BCUT2D eigenvalue weighted by Gasteiger charge is 2.26. The third-order valence-electron chi connectivity index (χ3n) is 6.34. The first-order chi connectivity index (χ1) is 14.1. The number of nitrogens with zero attached hydrogens (tertiary/aromatic N) is 2. The van der Waals surface area contributed by atoms with Gasteiger partial charge in [-0.15, -0.1) is 0 Å². The molecule has 0 spiro atoms. The highest BCUT2D eigenvalue weighted by atomic mass is 16.5. The fourth-order valence-corrected chi connectivity index (χ4v) is 3.04. The zero-order chi connectivity index (χ0) is 23.2. The van der Waals surface area contributed by atoms with Gasteiger partial charge in [0, 0.05) is 12.0 Å². The molecule has 1 aromatic rings. The molecular weight excluding hydrogens is 372 g/mol. The first kappa shape index (κ1) is 28.4. The SMILES string of the molecule is CCC(C)(C)c1ccc(OCCCN=C=O)c(C(C)(C)CC)c1.CCN(CC)CC. The van der Waals surface area contributed by atoms with Gasteiger partial charge in [0.1, 0.15) is 5.75 Å². The van der Waals surface area contributed by atoms with E-state index < -0.39 is 0 Å². The minimum atomic E-state index is 0.0656. The van der Waals surface area contributed by atoms with Gasteiger partial charge in [0.25, 0.3) is 0 Å². The predicted octanol–water partition coefficient (Wildman–Crippen LogP) is 6.51. The van der Waals surface area contributed by atoms with Crippen molar-refractivity contribution in [3.8, 4) is 5.75 Å². The van der Waals surface area contributed by atoms with Gasteiger partial charge in [0.05, 0.1) is 13.2 Å². The number of hydrogen-bond acceptors (Lipinski definition) is 4. The van der Waals surface area contributed by atoms with Crippen LogP contribution in [0.2, 0.25) is 0 Å². The van der Waals surface area contributed by atoms with E-state index in [2.05, 4.69) is 90.4 Å². The van der Waals surface area contributed by atoms with E-state index in [1.165, 1.54) is 30.8 Å². The maximum Gasteiger partial charge on any atom is 0.234 e. The van der Waals surface area contributed by atoms with Crippen LogP contribution in [0.1, 0.15) is 92.7 Å². The first-order valence-electron chi connectivity index (χ1n) is 11.7. The maximum absolute atomic E-state index is 10.1. The normalized spacial score (nSPS) is 11.5. The molecule has 30 heavy (non-hydrogen) atoms. The first-order valence-corrected chi connectivity index (χ1v) is 11.7. The summed E-state index contributed by atoms with van der Waals surface area (Å²) in [6, 6.07) is 6.59. The van der Waals surface area contributed by atoms with Crippen LogP contribution in [0.15, 0.2) is 23.2 Å². The Morgan fingerprint density at radius 2 is 1.50 bits per heavy atom. The van der Waals surface area contributed by atoms with Crippen LogP contribution in [0.4, 0.5) is 0 Å². The number of carbonyl (C=O) groups excluding carboxylic acids is 1. The molecule has 0 heterocycles. The molecule has 1 aromatic carbocycles.